The number of ether oxygens (including phenoxy) is 1. The predicted molar refractivity (Wildman–Crippen MR) is 129 cm³/mol. The van der Waals surface area contributed by atoms with E-state index in [2.05, 4.69) is 10.2 Å². The van der Waals surface area contributed by atoms with E-state index >= 15 is 0 Å². The van der Waals surface area contributed by atoms with Gasteiger partial charge in [0.2, 0.25) is 10.0 Å². The lowest BCUT2D eigenvalue weighted by Crippen LogP contribution is -2.36. The molecular formula is C22H25Cl2N3O4S. The summed E-state index contributed by atoms with van der Waals surface area (Å²) in [7, 11) is -1.63. The number of sulfonamides is 1. The van der Waals surface area contributed by atoms with Crippen molar-refractivity contribution in [1.82, 2.24) is 0 Å². The van der Waals surface area contributed by atoms with Crippen LogP contribution in [0.3, 0.4) is 0 Å². The Morgan fingerprint density at radius 2 is 1.81 bits per heavy atom. The number of halogens is 2. The molecule has 0 unspecified atom stereocenters. The number of carbonyl (C=O) groups is 1. The van der Waals surface area contributed by atoms with E-state index in [9.17, 15) is 13.2 Å². The number of nitrogens with one attached hydrogen (secondary N) is 1. The van der Waals surface area contributed by atoms with Crippen LogP contribution in [0, 0.1) is 0 Å². The number of hydrogen-bond donors (Lipinski definition) is 1. The second-order valence-corrected chi connectivity index (χ2v) is 10.8. The molecule has 2 aromatic rings. The van der Waals surface area contributed by atoms with Crippen molar-refractivity contribution < 1.29 is 17.9 Å². The van der Waals surface area contributed by atoms with Gasteiger partial charge in [-0.05, 0) is 55.7 Å². The second kappa shape index (κ2) is 9.47. The minimum absolute atomic E-state index is 0.101. The number of methoxy groups -OCH3 is 1. The van der Waals surface area contributed by atoms with Crippen molar-refractivity contribution in [2.75, 3.05) is 47.0 Å². The molecule has 172 valence electrons. The average molecular weight is 498 g/mol. The summed E-state index contributed by atoms with van der Waals surface area (Å²) in [5, 5.41) is 3.60. The third kappa shape index (κ3) is 4.98. The molecular weight excluding hydrogens is 473 g/mol. The van der Waals surface area contributed by atoms with Crippen LogP contribution < -0.4 is 14.5 Å². The number of amides is 1. The summed E-state index contributed by atoms with van der Waals surface area (Å²) in [6, 6.07) is 10.1. The van der Waals surface area contributed by atoms with Crippen LogP contribution in [0.2, 0.25) is 10.0 Å². The van der Waals surface area contributed by atoms with Crippen molar-refractivity contribution in [3.63, 3.8) is 0 Å². The van der Waals surface area contributed by atoms with E-state index in [1.807, 2.05) is 12.1 Å². The first kappa shape index (κ1) is 23.2. The van der Waals surface area contributed by atoms with E-state index in [1.54, 1.807) is 25.3 Å². The molecule has 1 amide bonds. The molecule has 7 nitrogen and oxygen atoms in total. The lowest BCUT2D eigenvalue weighted by atomic mass is 10.1. The summed E-state index contributed by atoms with van der Waals surface area (Å²) >= 11 is 12.6. The topological polar surface area (TPSA) is 79.0 Å². The molecule has 2 saturated heterocycles. The van der Waals surface area contributed by atoms with Crippen molar-refractivity contribution in [3.05, 3.63) is 52.0 Å². The van der Waals surface area contributed by atoms with Crippen LogP contribution in [-0.4, -0.2) is 52.9 Å². The molecule has 4 rings (SSSR count). The van der Waals surface area contributed by atoms with Gasteiger partial charge in [-0.15, -0.1) is 0 Å². The van der Waals surface area contributed by atoms with E-state index in [4.69, 9.17) is 27.9 Å². The minimum atomic E-state index is -3.36. The first-order chi connectivity index (χ1) is 15.3. The van der Waals surface area contributed by atoms with Gasteiger partial charge in [-0.3, -0.25) is 9.10 Å². The quantitative estimate of drug-likeness (QED) is 0.661. The minimum Gasteiger partial charge on any atom is -0.381 e. The molecule has 10 heteroatoms. The molecule has 0 aromatic heterocycles. The predicted octanol–water partition coefficient (Wildman–Crippen LogP) is 4.40. The summed E-state index contributed by atoms with van der Waals surface area (Å²) in [6.07, 6.45) is 2.66. The molecule has 0 radical (unpaired) electrons. The van der Waals surface area contributed by atoms with Crippen LogP contribution in [0.15, 0.2) is 36.4 Å². The molecule has 2 aliphatic rings. The van der Waals surface area contributed by atoms with Gasteiger partial charge in [-0.1, -0.05) is 23.2 Å². The fourth-order valence-corrected chi connectivity index (χ4v) is 6.14. The molecule has 0 bridgehead atoms. The molecule has 32 heavy (non-hydrogen) atoms. The summed E-state index contributed by atoms with van der Waals surface area (Å²) in [5.74, 6) is -0.330. The molecule has 1 N–H and O–H groups in total. The SMILES string of the molecule is COC1CCN(c2cc(Cl)cc(NC(=O)c3cc(N4CCCS4(=O)=O)ccc3Cl)c2)CC1. The smallest absolute Gasteiger partial charge is 0.257 e. The normalized spacial score (nSPS) is 18.7. The Bertz CT molecular complexity index is 1120. The maximum Gasteiger partial charge on any atom is 0.257 e. The van der Waals surface area contributed by atoms with Gasteiger partial charge in [0, 0.05) is 43.1 Å². The van der Waals surface area contributed by atoms with E-state index in [0.717, 1.165) is 31.6 Å². The van der Waals surface area contributed by atoms with Crippen LogP contribution in [-0.2, 0) is 14.8 Å². The summed E-state index contributed by atoms with van der Waals surface area (Å²) in [4.78, 5) is 15.2. The van der Waals surface area contributed by atoms with Crippen molar-refractivity contribution in [2.45, 2.75) is 25.4 Å². The first-order valence-electron chi connectivity index (χ1n) is 10.5. The fraction of sp³-hybridized carbons (Fsp3) is 0.409. The lowest BCUT2D eigenvalue weighted by molar-refractivity contribution is 0.0819. The number of rotatable bonds is 5. The van der Waals surface area contributed by atoms with E-state index in [0.29, 0.717) is 29.4 Å². The summed E-state index contributed by atoms with van der Waals surface area (Å²) in [6.45, 7) is 2.07. The molecule has 2 fully saturated rings. The number of anilines is 3. The average Bonchev–Trinajstić information content (AvgIpc) is 3.12. The van der Waals surface area contributed by atoms with Crippen molar-refractivity contribution >= 4 is 56.2 Å². The summed E-state index contributed by atoms with van der Waals surface area (Å²) in [5.41, 5.74) is 2.10. The molecule has 2 heterocycles. The number of hydrogen-bond acceptors (Lipinski definition) is 5. The third-order valence-corrected chi connectivity index (χ3v) is 8.28. The Morgan fingerprint density at radius 3 is 2.47 bits per heavy atom. The first-order valence-corrected chi connectivity index (χ1v) is 12.8. The van der Waals surface area contributed by atoms with Crippen molar-refractivity contribution in [1.29, 1.82) is 0 Å². The largest absolute Gasteiger partial charge is 0.381 e. The van der Waals surface area contributed by atoms with Crippen LogP contribution in [0.25, 0.3) is 0 Å². The van der Waals surface area contributed by atoms with Gasteiger partial charge in [-0.2, -0.15) is 0 Å². The monoisotopic (exact) mass is 497 g/mol. The van der Waals surface area contributed by atoms with E-state index in [-0.39, 0.29) is 22.4 Å². The Labute approximate surface area is 198 Å². The second-order valence-electron chi connectivity index (χ2n) is 7.98. The number of nitrogens with zero attached hydrogens (tertiary/aromatic N) is 2. The number of piperidine rings is 1. The highest BCUT2D eigenvalue weighted by atomic mass is 35.5. The van der Waals surface area contributed by atoms with E-state index in [1.165, 1.54) is 10.4 Å². The Kier molecular flexibility index (Phi) is 6.86. The molecule has 0 atom stereocenters. The molecule has 2 aliphatic heterocycles. The Hall–Kier alpha value is -2.00. The number of carbonyl (C=O) groups excluding carboxylic acids is 1. The summed E-state index contributed by atoms with van der Waals surface area (Å²) < 4.78 is 31.3. The van der Waals surface area contributed by atoms with Gasteiger partial charge in [0.25, 0.3) is 5.91 Å². The maximum atomic E-state index is 13.0. The van der Waals surface area contributed by atoms with E-state index < -0.39 is 15.9 Å². The zero-order valence-corrected chi connectivity index (χ0v) is 20.0. The highest BCUT2D eigenvalue weighted by molar-refractivity contribution is 7.93. The standard InChI is InChI=1S/C22H25Cl2N3O4S/c1-31-19-5-8-26(9-6-19)18-12-15(23)11-16(13-18)25-22(28)20-14-17(3-4-21(20)24)27-7-2-10-32(27,29)30/h3-4,11-14,19H,2,5-10H2,1H3,(H,25,28). The van der Waals surface area contributed by atoms with Crippen LogP contribution in [0.4, 0.5) is 17.1 Å². The molecule has 2 aromatic carbocycles. The van der Waals surface area contributed by atoms with Crippen LogP contribution in [0.5, 0.6) is 0 Å². The maximum absolute atomic E-state index is 13.0. The molecule has 0 saturated carbocycles. The zero-order valence-electron chi connectivity index (χ0n) is 17.7. The van der Waals surface area contributed by atoms with Gasteiger partial charge in [-0.25, -0.2) is 8.42 Å². The van der Waals surface area contributed by atoms with Gasteiger partial charge >= 0.3 is 0 Å². The van der Waals surface area contributed by atoms with Gasteiger partial charge in [0.15, 0.2) is 0 Å². The van der Waals surface area contributed by atoms with Crippen LogP contribution >= 0.6 is 23.2 Å². The Balaban J connectivity index is 1.54. The highest BCUT2D eigenvalue weighted by Gasteiger charge is 2.29. The fourth-order valence-electron chi connectivity index (χ4n) is 4.15. The van der Waals surface area contributed by atoms with Gasteiger partial charge in [0.1, 0.15) is 0 Å². The third-order valence-electron chi connectivity index (χ3n) is 5.86. The Morgan fingerprint density at radius 1 is 1.06 bits per heavy atom. The zero-order chi connectivity index (χ0) is 22.9. The van der Waals surface area contributed by atoms with Gasteiger partial charge < -0.3 is 15.0 Å². The van der Waals surface area contributed by atoms with Crippen molar-refractivity contribution in [2.24, 2.45) is 0 Å². The lowest BCUT2D eigenvalue weighted by Gasteiger charge is -2.33. The van der Waals surface area contributed by atoms with Crippen LogP contribution in [0.1, 0.15) is 29.6 Å². The molecule has 0 aliphatic carbocycles. The molecule has 0 spiro atoms. The van der Waals surface area contributed by atoms with Crippen molar-refractivity contribution in [3.8, 4) is 0 Å². The van der Waals surface area contributed by atoms with Gasteiger partial charge in [0.05, 0.1) is 28.1 Å². The highest BCUT2D eigenvalue weighted by Crippen LogP contribution is 2.31. The number of benzene rings is 2.